The Morgan fingerprint density at radius 3 is 2.52 bits per heavy atom. The number of aromatic nitrogens is 2. The minimum Gasteiger partial charge on any atom is -0.477 e. The van der Waals surface area contributed by atoms with Crippen molar-refractivity contribution < 1.29 is 73.3 Å². The number of aliphatic hydroxyl groups excluding tert-OH is 6. The van der Waals surface area contributed by atoms with Crippen LogP contribution in [0.1, 0.15) is 12.6 Å². The molecule has 0 aromatic carbocycles. The van der Waals surface area contributed by atoms with Crippen LogP contribution in [-0.2, 0) is 32.7 Å². The smallest absolute Gasteiger partial charge is 0.475 e. The van der Waals surface area contributed by atoms with Crippen molar-refractivity contribution in [3.05, 3.63) is 22.7 Å². The van der Waals surface area contributed by atoms with Gasteiger partial charge >= 0.3 is 19.5 Å². The lowest BCUT2D eigenvalue weighted by molar-refractivity contribution is -0.289. The van der Waals surface area contributed by atoms with Gasteiger partial charge in [0.15, 0.2) is 6.23 Å². The zero-order chi connectivity index (χ0) is 31.6. The van der Waals surface area contributed by atoms with E-state index in [2.05, 4.69) is 10.3 Å². The average Bonchev–Trinajstić information content (AvgIpc) is 3.20. The first-order valence-corrected chi connectivity index (χ1v) is 13.7. The number of ether oxygens (including phenoxy) is 2. The monoisotopic (exact) mass is 629 g/mol. The second-order valence-electron chi connectivity index (χ2n) is 9.39. The van der Waals surface area contributed by atoms with E-state index in [1.807, 2.05) is 0 Å². The van der Waals surface area contributed by atoms with Gasteiger partial charge < -0.3 is 66.9 Å². The number of carbonyl (C=O) groups excluding carboxylic acids is 1. The minimum absolute atomic E-state index is 0.140. The van der Waals surface area contributed by atoms with Crippen LogP contribution in [0.2, 0.25) is 0 Å². The van der Waals surface area contributed by atoms with Gasteiger partial charge in [-0.25, -0.2) is 18.7 Å². The summed E-state index contributed by atoms with van der Waals surface area (Å²) in [6.45, 7) is -2.71. The Morgan fingerprint density at radius 2 is 1.95 bits per heavy atom. The second-order valence-corrected chi connectivity index (χ2v) is 10.8. The van der Waals surface area contributed by atoms with Crippen molar-refractivity contribution in [2.45, 2.75) is 67.2 Å². The number of carbonyl (C=O) groups is 2. The number of phosphoric ester groups is 1. The highest BCUT2D eigenvalue weighted by Gasteiger charge is 2.59. The van der Waals surface area contributed by atoms with Gasteiger partial charge in [-0.1, -0.05) is 0 Å². The number of hydrogen-bond acceptors (Lipinski definition) is 17. The molecule has 2 aliphatic rings. The maximum atomic E-state index is 12.8. The number of amides is 1. The van der Waals surface area contributed by atoms with E-state index in [-0.39, 0.29) is 5.82 Å². The lowest BCUT2D eigenvalue weighted by atomic mass is 9.88. The van der Waals surface area contributed by atoms with Crippen LogP contribution >= 0.6 is 7.82 Å². The van der Waals surface area contributed by atoms with Crippen molar-refractivity contribution in [3.8, 4) is 0 Å². The normalized spacial score (nSPS) is 34.3. The Bertz CT molecular complexity index is 1240. The molecule has 0 spiro atoms. The molecule has 0 radical (unpaired) electrons. The quantitative estimate of drug-likeness (QED) is 0.0957. The van der Waals surface area contributed by atoms with Crippen LogP contribution in [0.4, 0.5) is 5.82 Å². The van der Waals surface area contributed by atoms with Gasteiger partial charge in [0.25, 0.3) is 5.79 Å². The molecule has 3 rings (SSSR count). The highest BCUT2D eigenvalue weighted by Crippen LogP contribution is 2.51. The number of phosphoric acid groups is 1. The number of nitrogens with two attached hydrogens (primary N) is 2. The third kappa shape index (κ3) is 7.29. The molecular weight excluding hydrogens is 597 g/mol. The lowest BCUT2D eigenvalue weighted by Gasteiger charge is -2.46. The van der Waals surface area contributed by atoms with Crippen LogP contribution in [0.15, 0.2) is 17.1 Å². The Morgan fingerprint density at radius 1 is 1.29 bits per heavy atom. The van der Waals surface area contributed by atoms with Gasteiger partial charge in [0, 0.05) is 12.6 Å². The van der Waals surface area contributed by atoms with Gasteiger partial charge in [-0.3, -0.25) is 13.9 Å². The van der Waals surface area contributed by atoms with E-state index in [0.717, 1.165) is 10.8 Å². The number of aliphatic hydroxyl groups is 6. The fourth-order valence-electron chi connectivity index (χ4n) is 4.33. The summed E-state index contributed by atoms with van der Waals surface area (Å²) in [5.74, 6) is -6.39. The van der Waals surface area contributed by atoms with Gasteiger partial charge in [0.2, 0.25) is 5.91 Å². The lowest BCUT2D eigenvalue weighted by Crippen LogP contribution is -2.68. The van der Waals surface area contributed by atoms with E-state index in [9.17, 15) is 59.6 Å². The molecule has 13 N–H and O–H groups in total. The fraction of sp³-hybridized carbons (Fsp3) is 0.700. The van der Waals surface area contributed by atoms with Gasteiger partial charge in [0.1, 0.15) is 42.4 Å². The van der Waals surface area contributed by atoms with Gasteiger partial charge in [-0.2, -0.15) is 4.98 Å². The molecule has 1 aromatic heterocycles. The molecule has 1 aromatic rings. The Hall–Kier alpha value is -2.63. The zero-order valence-electron chi connectivity index (χ0n) is 21.5. The molecule has 42 heavy (non-hydrogen) atoms. The summed E-state index contributed by atoms with van der Waals surface area (Å²) in [6, 6.07) is -0.442. The molecular formula is C20H32N5O16P. The van der Waals surface area contributed by atoms with E-state index in [0.29, 0.717) is 0 Å². The number of nitrogens with one attached hydrogen (secondary N) is 1. The summed E-state index contributed by atoms with van der Waals surface area (Å²) in [5, 5.41) is 72.8. The molecule has 2 fully saturated rings. The Balaban J connectivity index is 1.79. The summed E-state index contributed by atoms with van der Waals surface area (Å²) in [7, 11) is -5.54. The minimum atomic E-state index is -5.54. The molecule has 0 bridgehead atoms. The highest BCUT2D eigenvalue weighted by atomic mass is 31.2. The first-order valence-electron chi connectivity index (χ1n) is 12.2. The molecule has 0 aliphatic carbocycles. The SMILES string of the molecule is NCC(=O)N[C@@H]1C(O)C[C@@](OP(=O)(O)OC[C@H]2O[C@@H](n3ccc(N)nc3=O)[C@@H](O)[C@H]2O)(C(=O)O)OC1[C@H](O)[C@H](O)CO. The number of anilines is 1. The molecule has 238 valence electrons. The van der Waals surface area contributed by atoms with Gasteiger partial charge in [-0.05, 0) is 6.07 Å². The van der Waals surface area contributed by atoms with Crippen LogP contribution in [-0.4, -0.2) is 136 Å². The van der Waals surface area contributed by atoms with E-state index in [4.69, 9.17) is 30.0 Å². The van der Waals surface area contributed by atoms with Crippen molar-refractivity contribution in [1.29, 1.82) is 0 Å². The zero-order valence-corrected chi connectivity index (χ0v) is 22.4. The molecule has 11 atom stereocenters. The van der Waals surface area contributed by atoms with Crippen molar-refractivity contribution in [2.75, 3.05) is 25.5 Å². The van der Waals surface area contributed by atoms with E-state index in [1.165, 1.54) is 6.07 Å². The summed E-state index contributed by atoms with van der Waals surface area (Å²) in [4.78, 5) is 49.9. The first kappa shape index (κ1) is 33.9. The number of carboxylic acid groups (broad SMARTS) is 1. The maximum Gasteiger partial charge on any atom is 0.475 e. The molecule has 2 saturated heterocycles. The summed E-state index contributed by atoms with van der Waals surface area (Å²) >= 11 is 0. The summed E-state index contributed by atoms with van der Waals surface area (Å²) in [5.41, 5.74) is 9.68. The predicted octanol–water partition coefficient (Wildman–Crippen LogP) is -6.33. The fourth-order valence-corrected chi connectivity index (χ4v) is 5.28. The average molecular weight is 629 g/mol. The molecule has 0 saturated carbocycles. The third-order valence-corrected chi connectivity index (χ3v) is 7.46. The Kier molecular flexibility index (Phi) is 10.8. The Labute approximate surface area is 235 Å². The predicted molar refractivity (Wildman–Crippen MR) is 132 cm³/mol. The number of nitrogens with zero attached hydrogens (tertiary/aromatic N) is 2. The standard InChI is InChI=1S/C20H32N5O16P/c21-4-11(29)24-12-7(27)3-20(18(33)34,40-16(12)13(30)8(28)5-26)41-42(36,37)38-6-9-14(31)15(32)17(39-9)25-2-1-10(22)23-19(25)35/h1-2,7-9,12-17,26-28,30-32H,3-6,21H2,(H,24,29)(H,33,34)(H,36,37)(H2,22,23,35)/t7?,8-,9-,12-,13-,14+,15+,16?,17-,20-/m1/s1. The van der Waals surface area contributed by atoms with Crippen LogP contribution in [0, 0.1) is 0 Å². The highest BCUT2D eigenvalue weighted by molar-refractivity contribution is 7.47. The van der Waals surface area contributed by atoms with Crippen molar-refractivity contribution >= 4 is 25.5 Å². The molecule has 21 nitrogen and oxygen atoms in total. The maximum absolute atomic E-state index is 12.8. The topological polar surface area (TPSA) is 349 Å². The van der Waals surface area contributed by atoms with Crippen molar-refractivity contribution in [1.82, 2.24) is 14.9 Å². The van der Waals surface area contributed by atoms with Crippen molar-refractivity contribution in [2.24, 2.45) is 5.73 Å². The molecule has 1 amide bonds. The summed E-state index contributed by atoms with van der Waals surface area (Å²) < 4.78 is 33.7. The van der Waals surface area contributed by atoms with E-state index < -0.39 is 112 Å². The number of hydrogen-bond donors (Lipinski definition) is 11. The number of aliphatic carboxylic acids is 1. The largest absolute Gasteiger partial charge is 0.477 e. The third-order valence-electron chi connectivity index (χ3n) is 6.46. The first-order chi connectivity index (χ1) is 19.6. The van der Waals surface area contributed by atoms with Gasteiger partial charge in [0.05, 0.1) is 31.9 Å². The van der Waals surface area contributed by atoms with Crippen molar-refractivity contribution in [3.63, 3.8) is 0 Å². The number of nitrogen functional groups attached to an aromatic ring is 1. The van der Waals surface area contributed by atoms with Crippen LogP contribution < -0.4 is 22.5 Å². The molecule has 3 unspecified atom stereocenters. The van der Waals surface area contributed by atoms with E-state index in [1.54, 1.807) is 0 Å². The summed E-state index contributed by atoms with van der Waals surface area (Å²) in [6.07, 6.45) is -14.9. The molecule has 22 heteroatoms. The van der Waals surface area contributed by atoms with Gasteiger partial charge in [-0.15, -0.1) is 0 Å². The molecule has 2 aliphatic heterocycles. The van der Waals surface area contributed by atoms with Crippen LogP contribution in [0.3, 0.4) is 0 Å². The number of rotatable bonds is 12. The number of carboxylic acids is 1. The second kappa shape index (κ2) is 13.3. The van der Waals surface area contributed by atoms with Crippen LogP contribution in [0.5, 0.6) is 0 Å². The molecule has 3 heterocycles. The van der Waals surface area contributed by atoms with E-state index >= 15 is 0 Å². The van der Waals surface area contributed by atoms with Crippen LogP contribution in [0.25, 0.3) is 0 Å².